The van der Waals surface area contributed by atoms with Crippen LogP contribution in [0.5, 0.6) is 0 Å². The van der Waals surface area contributed by atoms with Gasteiger partial charge in [-0.1, -0.05) is 12.1 Å². The van der Waals surface area contributed by atoms with E-state index in [-0.39, 0.29) is 5.97 Å². The van der Waals surface area contributed by atoms with Crippen molar-refractivity contribution >= 4 is 5.97 Å². The molecule has 0 aromatic carbocycles. The first-order chi connectivity index (χ1) is 13.7. The molecule has 4 heterocycles. The molecule has 0 amide bonds. The monoisotopic (exact) mass is 377 g/mol. The highest BCUT2D eigenvalue weighted by Gasteiger charge is 2.29. The summed E-state index contributed by atoms with van der Waals surface area (Å²) in [6, 6.07) is 11.7. The maximum absolute atomic E-state index is 12.5. The van der Waals surface area contributed by atoms with Crippen molar-refractivity contribution in [2.45, 2.75) is 33.0 Å². The Labute approximate surface area is 164 Å². The first-order valence-corrected chi connectivity index (χ1v) is 9.52. The molecule has 0 radical (unpaired) electrons. The molecule has 28 heavy (non-hydrogen) atoms. The molecule has 0 N–H and O–H groups in total. The summed E-state index contributed by atoms with van der Waals surface area (Å²) in [7, 11) is 0. The fourth-order valence-electron chi connectivity index (χ4n) is 3.54. The Morgan fingerprint density at radius 3 is 2.43 bits per heavy atom. The van der Waals surface area contributed by atoms with Gasteiger partial charge in [0.05, 0.1) is 24.5 Å². The van der Waals surface area contributed by atoms with Crippen molar-refractivity contribution in [2.75, 3.05) is 13.2 Å². The zero-order valence-electron chi connectivity index (χ0n) is 15.9. The van der Waals surface area contributed by atoms with E-state index in [1.807, 2.05) is 48.0 Å². The second-order valence-corrected chi connectivity index (χ2v) is 6.75. The molecule has 0 atom stereocenters. The second-order valence-electron chi connectivity index (χ2n) is 6.75. The molecule has 0 fully saturated rings. The maximum Gasteiger partial charge on any atom is 0.359 e. The molecule has 144 valence electrons. The van der Waals surface area contributed by atoms with E-state index in [1.165, 1.54) is 0 Å². The van der Waals surface area contributed by atoms with Gasteiger partial charge in [0.2, 0.25) is 0 Å². The minimum Gasteiger partial charge on any atom is -0.461 e. The first-order valence-electron chi connectivity index (χ1n) is 9.52. The van der Waals surface area contributed by atoms with Gasteiger partial charge in [0.15, 0.2) is 5.69 Å². The fourth-order valence-corrected chi connectivity index (χ4v) is 3.54. The molecule has 3 aromatic heterocycles. The number of rotatable bonds is 6. The fraction of sp³-hybridized carbons (Fsp3) is 0.333. The van der Waals surface area contributed by atoms with Crippen LogP contribution in [0.4, 0.5) is 0 Å². The standard InChI is InChI=1S/C21H23N5O2/c1-2-28-21(27)20-18-15-25(13-16-7-3-5-10-22-16)12-9-19(18)26(24-20)14-17-8-4-6-11-23-17/h3-8,10-11H,2,9,12-15H2,1H3. The summed E-state index contributed by atoms with van der Waals surface area (Å²) < 4.78 is 7.15. The van der Waals surface area contributed by atoms with Crippen molar-refractivity contribution in [1.29, 1.82) is 0 Å². The van der Waals surface area contributed by atoms with Crippen LogP contribution in [-0.4, -0.2) is 43.8 Å². The number of hydrogen-bond donors (Lipinski definition) is 0. The molecule has 0 unspecified atom stereocenters. The van der Waals surface area contributed by atoms with Crippen LogP contribution in [-0.2, 0) is 30.8 Å². The van der Waals surface area contributed by atoms with Crippen molar-refractivity contribution in [3.63, 3.8) is 0 Å². The van der Waals surface area contributed by atoms with E-state index < -0.39 is 0 Å². The molecule has 3 aromatic rings. The summed E-state index contributed by atoms with van der Waals surface area (Å²) in [5.74, 6) is -0.363. The third-order valence-corrected chi connectivity index (χ3v) is 4.83. The van der Waals surface area contributed by atoms with Crippen LogP contribution in [0.2, 0.25) is 0 Å². The number of nitrogens with zero attached hydrogens (tertiary/aromatic N) is 5. The van der Waals surface area contributed by atoms with Gasteiger partial charge in [-0.2, -0.15) is 5.10 Å². The normalized spacial score (nSPS) is 13.9. The number of esters is 1. The van der Waals surface area contributed by atoms with Crippen LogP contribution in [0.3, 0.4) is 0 Å². The van der Waals surface area contributed by atoms with Gasteiger partial charge in [0.25, 0.3) is 0 Å². The lowest BCUT2D eigenvalue weighted by Crippen LogP contribution is -2.31. The lowest BCUT2D eigenvalue weighted by atomic mass is 10.0. The van der Waals surface area contributed by atoms with Crippen molar-refractivity contribution < 1.29 is 9.53 Å². The number of pyridine rings is 2. The highest BCUT2D eigenvalue weighted by molar-refractivity contribution is 5.89. The highest BCUT2D eigenvalue weighted by atomic mass is 16.5. The largest absolute Gasteiger partial charge is 0.461 e. The van der Waals surface area contributed by atoms with Gasteiger partial charge < -0.3 is 4.74 Å². The van der Waals surface area contributed by atoms with E-state index in [1.54, 1.807) is 12.4 Å². The molecule has 7 heteroatoms. The van der Waals surface area contributed by atoms with Gasteiger partial charge in [0, 0.05) is 49.7 Å². The zero-order chi connectivity index (χ0) is 19.3. The Bertz CT molecular complexity index is 940. The van der Waals surface area contributed by atoms with Gasteiger partial charge in [-0.3, -0.25) is 19.5 Å². The lowest BCUT2D eigenvalue weighted by molar-refractivity contribution is 0.0515. The molecule has 0 saturated carbocycles. The number of ether oxygens (including phenoxy) is 1. The van der Waals surface area contributed by atoms with E-state index in [0.717, 1.165) is 42.2 Å². The highest BCUT2D eigenvalue weighted by Crippen LogP contribution is 2.25. The van der Waals surface area contributed by atoms with Crippen LogP contribution in [0, 0.1) is 0 Å². The van der Waals surface area contributed by atoms with Crippen molar-refractivity contribution in [2.24, 2.45) is 0 Å². The van der Waals surface area contributed by atoms with E-state index in [0.29, 0.717) is 25.4 Å². The third kappa shape index (κ3) is 3.94. The number of aromatic nitrogens is 4. The van der Waals surface area contributed by atoms with E-state index in [4.69, 9.17) is 4.74 Å². The van der Waals surface area contributed by atoms with Crippen LogP contribution in [0.15, 0.2) is 48.8 Å². The molecule has 7 nitrogen and oxygen atoms in total. The third-order valence-electron chi connectivity index (χ3n) is 4.83. The molecule has 1 aliphatic rings. The molecular weight excluding hydrogens is 354 g/mol. The Balaban J connectivity index is 1.61. The van der Waals surface area contributed by atoms with Gasteiger partial charge >= 0.3 is 5.97 Å². The van der Waals surface area contributed by atoms with Gasteiger partial charge in [-0.05, 0) is 31.2 Å². The summed E-state index contributed by atoms with van der Waals surface area (Å²) in [4.78, 5) is 23.6. The molecule has 0 bridgehead atoms. The smallest absolute Gasteiger partial charge is 0.359 e. The average molecular weight is 377 g/mol. The molecule has 0 aliphatic carbocycles. The summed E-state index contributed by atoms with van der Waals surface area (Å²) in [5.41, 5.74) is 4.39. The summed E-state index contributed by atoms with van der Waals surface area (Å²) in [6.45, 7) is 4.97. The molecule has 0 saturated heterocycles. The summed E-state index contributed by atoms with van der Waals surface area (Å²) in [5, 5.41) is 4.61. The predicted molar refractivity (Wildman–Crippen MR) is 104 cm³/mol. The molecular formula is C21H23N5O2. The lowest BCUT2D eigenvalue weighted by Gasteiger charge is -2.27. The van der Waals surface area contributed by atoms with Gasteiger partial charge in [-0.15, -0.1) is 0 Å². The maximum atomic E-state index is 12.5. The number of fused-ring (bicyclic) bond motifs is 1. The Morgan fingerprint density at radius 1 is 1.07 bits per heavy atom. The summed E-state index contributed by atoms with van der Waals surface area (Å²) in [6.07, 6.45) is 4.40. The van der Waals surface area contributed by atoms with Crippen molar-refractivity contribution in [3.8, 4) is 0 Å². The summed E-state index contributed by atoms with van der Waals surface area (Å²) >= 11 is 0. The second kappa shape index (κ2) is 8.31. The van der Waals surface area contributed by atoms with Gasteiger partial charge in [0.1, 0.15) is 0 Å². The van der Waals surface area contributed by atoms with E-state index in [9.17, 15) is 4.79 Å². The molecule has 4 rings (SSSR count). The number of carbonyl (C=O) groups is 1. The first kappa shape index (κ1) is 18.3. The number of carbonyl (C=O) groups excluding carboxylic acids is 1. The Kier molecular flexibility index (Phi) is 5.43. The Morgan fingerprint density at radius 2 is 1.79 bits per heavy atom. The van der Waals surface area contributed by atoms with Crippen LogP contribution >= 0.6 is 0 Å². The van der Waals surface area contributed by atoms with Gasteiger partial charge in [-0.25, -0.2) is 4.79 Å². The van der Waals surface area contributed by atoms with Crippen molar-refractivity contribution in [1.82, 2.24) is 24.6 Å². The predicted octanol–water partition coefficient (Wildman–Crippen LogP) is 2.46. The minimum atomic E-state index is -0.363. The van der Waals surface area contributed by atoms with Crippen LogP contribution in [0.25, 0.3) is 0 Å². The SMILES string of the molecule is CCOC(=O)c1nn(Cc2ccccn2)c2c1CN(Cc1ccccn1)CC2. The quantitative estimate of drug-likeness (QED) is 0.615. The topological polar surface area (TPSA) is 73.1 Å². The molecule has 1 aliphatic heterocycles. The minimum absolute atomic E-state index is 0.332. The van der Waals surface area contributed by atoms with E-state index >= 15 is 0 Å². The average Bonchev–Trinajstić information content (AvgIpc) is 3.07. The molecule has 0 spiro atoms. The van der Waals surface area contributed by atoms with Crippen LogP contribution < -0.4 is 0 Å². The number of hydrogen-bond acceptors (Lipinski definition) is 6. The van der Waals surface area contributed by atoms with Crippen molar-refractivity contribution in [3.05, 3.63) is 77.1 Å². The van der Waals surface area contributed by atoms with Crippen LogP contribution in [0.1, 0.15) is 40.1 Å². The zero-order valence-corrected chi connectivity index (χ0v) is 15.9. The Hall–Kier alpha value is -3.06. The van der Waals surface area contributed by atoms with E-state index in [2.05, 4.69) is 20.0 Å².